The molecule has 1 aromatic rings. The van der Waals surface area contributed by atoms with E-state index in [9.17, 15) is 14.4 Å². The average molecular weight is 334 g/mol. The Kier molecular flexibility index (Phi) is 7.95. The van der Waals surface area contributed by atoms with Gasteiger partial charge < -0.3 is 20.2 Å². The molecule has 0 heterocycles. The van der Waals surface area contributed by atoms with E-state index in [1.165, 1.54) is 0 Å². The SMILES string of the molecule is CC(C)[C@H](NC(=O)OCc1ccccc1)C(=O)N[C@H](C=O)C(C)C. The summed E-state index contributed by atoms with van der Waals surface area (Å²) < 4.78 is 5.14. The standard InChI is InChI=1S/C18H26N2O4/c1-12(2)15(10-21)19-17(22)16(13(3)4)20-18(23)24-11-14-8-6-5-7-9-14/h5-10,12-13,15-16H,11H2,1-4H3,(H,19,22)(H,20,23)/t15-,16+/m1/s1. The fourth-order valence-electron chi connectivity index (χ4n) is 2.04. The van der Waals surface area contributed by atoms with Crippen LogP contribution in [-0.2, 0) is 20.9 Å². The molecule has 0 spiro atoms. The van der Waals surface area contributed by atoms with Crippen molar-refractivity contribution >= 4 is 18.3 Å². The quantitative estimate of drug-likeness (QED) is 0.714. The van der Waals surface area contributed by atoms with Crippen molar-refractivity contribution in [2.45, 2.75) is 46.4 Å². The van der Waals surface area contributed by atoms with Crippen molar-refractivity contribution in [1.29, 1.82) is 0 Å². The molecule has 0 fully saturated rings. The van der Waals surface area contributed by atoms with Crippen LogP contribution in [-0.4, -0.2) is 30.4 Å². The Hall–Kier alpha value is -2.37. The minimum absolute atomic E-state index is 0.0238. The van der Waals surface area contributed by atoms with Crippen molar-refractivity contribution in [3.8, 4) is 0 Å². The molecule has 0 aliphatic rings. The largest absolute Gasteiger partial charge is 0.445 e. The lowest BCUT2D eigenvalue weighted by Crippen LogP contribution is -2.53. The summed E-state index contributed by atoms with van der Waals surface area (Å²) in [4.78, 5) is 35.3. The van der Waals surface area contributed by atoms with E-state index in [0.29, 0.717) is 6.29 Å². The summed E-state index contributed by atoms with van der Waals surface area (Å²) in [5, 5.41) is 5.22. The molecule has 2 amide bonds. The summed E-state index contributed by atoms with van der Waals surface area (Å²) in [6.07, 6.45) is 0.0353. The first kappa shape index (κ1) is 19.7. The maximum atomic E-state index is 12.3. The van der Waals surface area contributed by atoms with Crippen molar-refractivity contribution < 1.29 is 19.1 Å². The third-order valence-electron chi connectivity index (χ3n) is 3.61. The predicted molar refractivity (Wildman–Crippen MR) is 91.2 cm³/mol. The second kappa shape index (κ2) is 9.70. The molecule has 0 radical (unpaired) electrons. The van der Waals surface area contributed by atoms with Gasteiger partial charge in [0.2, 0.25) is 5.91 Å². The number of hydrogen-bond donors (Lipinski definition) is 2. The van der Waals surface area contributed by atoms with Crippen molar-refractivity contribution in [2.24, 2.45) is 11.8 Å². The molecule has 24 heavy (non-hydrogen) atoms. The van der Waals surface area contributed by atoms with Crippen LogP contribution in [0.4, 0.5) is 4.79 Å². The van der Waals surface area contributed by atoms with Gasteiger partial charge in [-0.05, 0) is 17.4 Å². The van der Waals surface area contributed by atoms with Crippen LogP contribution in [0.1, 0.15) is 33.3 Å². The van der Waals surface area contributed by atoms with E-state index in [4.69, 9.17) is 4.74 Å². The number of benzene rings is 1. The number of aldehydes is 1. The molecule has 2 N–H and O–H groups in total. The van der Waals surface area contributed by atoms with E-state index in [-0.39, 0.29) is 18.4 Å². The topological polar surface area (TPSA) is 84.5 Å². The van der Waals surface area contributed by atoms with Crippen LogP contribution in [0.25, 0.3) is 0 Å². The Morgan fingerprint density at radius 1 is 1.04 bits per heavy atom. The van der Waals surface area contributed by atoms with Gasteiger partial charge in [-0.1, -0.05) is 58.0 Å². The van der Waals surface area contributed by atoms with Gasteiger partial charge in [-0.15, -0.1) is 0 Å². The summed E-state index contributed by atoms with van der Waals surface area (Å²) in [6.45, 7) is 7.43. The third kappa shape index (κ3) is 6.40. The van der Waals surface area contributed by atoms with Gasteiger partial charge in [0.25, 0.3) is 0 Å². The predicted octanol–water partition coefficient (Wildman–Crippen LogP) is 2.28. The molecule has 0 aliphatic heterocycles. The van der Waals surface area contributed by atoms with E-state index in [2.05, 4.69) is 10.6 Å². The zero-order valence-electron chi connectivity index (χ0n) is 14.6. The maximum absolute atomic E-state index is 12.3. The Labute approximate surface area is 143 Å². The fraction of sp³-hybridized carbons (Fsp3) is 0.500. The van der Waals surface area contributed by atoms with Crippen LogP contribution in [0, 0.1) is 11.8 Å². The minimum atomic E-state index is -0.769. The van der Waals surface area contributed by atoms with Gasteiger partial charge in [-0.2, -0.15) is 0 Å². The first-order valence-corrected chi connectivity index (χ1v) is 8.08. The molecule has 2 atom stereocenters. The number of hydrogen-bond acceptors (Lipinski definition) is 4. The number of carbonyl (C=O) groups is 3. The summed E-state index contributed by atoms with van der Waals surface area (Å²) in [5.74, 6) is -0.564. The van der Waals surface area contributed by atoms with Gasteiger partial charge >= 0.3 is 6.09 Å². The van der Waals surface area contributed by atoms with Crippen molar-refractivity contribution in [2.75, 3.05) is 0 Å². The van der Waals surface area contributed by atoms with Crippen LogP contribution < -0.4 is 10.6 Å². The third-order valence-corrected chi connectivity index (χ3v) is 3.61. The first-order chi connectivity index (χ1) is 11.3. The molecule has 6 nitrogen and oxygen atoms in total. The Morgan fingerprint density at radius 3 is 2.17 bits per heavy atom. The van der Waals surface area contributed by atoms with Gasteiger partial charge in [-0.25, -0.2) is 4.79 Å². The van der Waals surface area contributed by atoms with Crippen LogP contribution in [0.5, 0.6) is 0 Å². The lowest BCUT2D eigenvalue weighted by Gasteiger charge is -2.24. The van der Waals surface area contributed by atoms with Crippen molar-refractivity contribution in [3.63, 3.8) is 0 Å². The van der Waals surface area contributed by atoms with Crippen LogP contribution in [0.2, 0.25) is 0 Å². The Bertz CT molecular complexity index is 543. The molecular weight excluding hydrogens is 308 g/mol. The minimum Gasteiger partial charge on any atom is -0.445 e. The zero-order chi connectivity index (χ0) is 18.1. The fourth-order valence-corrected chi connectivity index (χ4v) is 2.04. The average Bonchev–Trinajstić information content (AvgIpc) is 2.55. The Balaban J connectivity index is 2.59. The molecule has 0 aromatic heterocycles. The van der Waals surface area contributed by atoms with E-state index in [1.807, 2.05) is 58.0 Å². The summed E-state index contributed by atoms with van der Waals surface area (Å²) in [5.41, 5.74) is 0.860. The lowest BCUT2D eigenvalue weighted by molar-refractivity contribution is -0.127. The number of rotatable bonds is 8. The zero-order valence-corrected chi connectivity index (χ0v) is 14.6. The van der Waals surface area contributed by atoms with Gasteiger partial charge in [0, 0.05) is 0 Å². The first-order valence-electron chi connectivity index (χ1n) is 8.08. The molecule has 132 valence electrons. The lowest BCUT2D eigenvalue weighted by atomic mass is 10.0. The normalized spacial score (nSPS) is 13.2. The molecule has 0 saturated carbocycles. The van der Waals surface area contributed by atoms with E-state index in [1.54, 1.807) is 0 Å². The second-order valence-electron chi connectivity index (χ2n) is 6.34. The van der Waals surface area contributed by atoms with Crippen LogP contribution >= 0.6 is 0 Å². The number of amides is 2. The highest BCUT2D eigenvalue weighted by molar-refractivity contribution is 5.87. The highest BCUT2D eigenvalue weighted by Crippen LogP contribution is 2.06. The smallest absolute Gasteiger partial charge is 0.408 e. The number of alkyl carbamates (subject to hydrolysis) is 1. The van der Waals surface area contributed by atoms with E-state index < -0.39 is 24.1 Å². The van der Waals surface area contributed by atoms with Gasteiger partial charge in [-0.3, -0.25) is 4.79 Å². The molecule has 6 heteroatoms. The van der Waals surface area contributed by atoms with Crippen molar-refractivity contribution in [3.05, 3.63) is 35.9 Å². The molecule has 0 bridgehead atoms. The molecule has 1 aromatic carbocycles. The summed E-state index contributed by atoms with van der Waals surface area (Å²) >= 11 is 0. The molecule has 0 aliphatic carbocycles. The maximum Gasteiger partial charge on any atom is 0.408 e. The monoisotopic (exact) mass is 334 g/mol. The molecule has 1 rings (SSSR count). The molecule has 0 unspecified atom stereocenters. The van der Waals surface area contributed by atoms with Crippen LogP contribution in [0.15, 0.2) is 30.3 Å². The highest BCUT2D eigenvalue weighted by atomic mass is 16.5. The second-order valence-corrected chi connectivity index (χ2v) is 6.34. The van der Waals surface area contributed by atoms with E-state index in [0.717, 1.165) is 5.56 Å². The van der Waals surface area contributed by atoms with E-state index >= 15 is 0 Å². The van der Waals surface area contributed by atoms with Gasteiger partial charge in [0.05, 0.1) is 6.04 Å². The van der Waals surface area contributed by atoms with Gasteiger partial charge in [0.15, 0.2) is 0 Å². The van der Waals surface area contributed by atoms with Crippen molar-refractivity contribution in [1.82, 2.24) is 10.6 Å². The highest BCUT2D eigenvalue weighted by Gasteiger charge is 2.27. The molecular formula is C18H26N2O4. The van der Waals surface area contributed by atoms with Gasteiger partial charge in [0.1, 0.15) is 18.9 Å². The van der Waals surface area contributed by atoms with Crippen LogP contribution in [0.3, 0.4) is 0 Å². The summed E-state index contributed by atoms with van der Waals surface area (Å²) in [6, 6.07) is 7.92. The number of ether oxygens (including phenoxy) is 1. The number of nitrogens with one attached hydrogen (secondary N) is 2. The Morgan fingerprint density at radius 2 is 1.67 bits per heavy atom. The molecule has 0 saturated heterocycles. The summed E-state index contributed by atoms with van der Waals surface area (Å²) in [7, 11) is 0. The number of carbonyl (C=O) groups excluding carboxylic acids is 3.